The average Bonchev–Trinajstić information content (AvgIpc) is 2.71. The zero-order valence-corrected chi connectivity index (χ0v) is 12.2. The van der Waals surface area contributed by atoms with Crippen LogP contribution in [0.25, 0.3) is 0 Å². The number of benzene rings is 1. The lowest BCUT2D eigenvalue weighted by Gasteiger charge is -2.16. The van der Waals surface area contributed by atoms with E-state index in [-0.39, 0.29) is 11.9 Å². The van der Waals surface area contributed by atoms with Crippen LogP contribution >= 0.6 is 31.9 Å². The maximum Gasteiger partial charge on any atom is 0.139 e. The zero-order chi connectivity index (χ0) is 12.4. The molecule has 0 fully saturated rings. The molecule has 2 aromatic rings. The first-order chi connectivity index (χ1) is 8.13. The van der Waals surface area contributed by atoms with Crippen molar-refractivity contribution in [2.75, 3.05) is 7.05 Å². The van der Waals surface area contributed by atoms with E-state index in [1.165, 1.54) is 6.07 Å². The van der Waals surface area contributed by atoms with E-state index in [9.17, 15) is 4.39 Å². The Balaban J connectivity index is 2.49. The maximum absolute atomic E-state index is 13.8. The molecule has 1 atom stereocenters. The van der Waals surface area contributed by atoms with Gasteiger partial charge in [0.15, 0.2) is 0 Å². The van der Waals surface area contributed by atoms with E-state index in [0.717, 1.165) is 8.95 Å². The molecule has 1 heterocycles. The molecule has 0 bridgehead atoms. The van der Waals surface area contributed by atoms with Crippen LogP contribution in [0, 0.1) is 5.82 Å². The summed E-state index contributed by atoms with van der Waals surface area (Å²) < 4.78 is 20.8. The molecular formula is C12H10Br2FNO. The number of halogens is 3. The number of hydrogen-bond acceptors (Lipinski definition) is 2. The van der Waals surface area contributed by atoms with Gasteiger partial charge in [-0.2, -0.15) is 0 Å². The normalized spacial score (nSPS) is 12.7. The number of rotatable bonds is 3. The summed E-state index contributed by atoms with van der Waals surface area (Å²) in [5, 5.41) is 3.05. The Bertz CT molecular complexity index is 527. The van der Waals surface area contributed by atoms with Gasteiger partial charge < -0.3 is 9.73 Å². The predicted octanol–water partition coefficient (Wildman–Crippen LogP) is 4.25. The third kappa shape index (κ3) is 2.61. The van der Waals surface area contributed by atoms with Gasteiger partial charge in [-0.05, 0) is 47.2 Å². The Morgan fingerprint density at radius 2 is 2.06 bits per heavy atom. The molecule has 90 valence electrons. The number of furan rings is 1. The highest BCUT2D eigenvalue weighted by Crippen LogP contribution is 2.31. The summed E-state index contributed by atoms with van der Waals surface area (Å²) in [6.45, 7) is 0. The molecule has 1 unspecified atom stereocenters. The molecule has 2 rings (SSSR count). The quantitative estimate of drug-likeness (QED) is 0.882. The van der Waals surface area contributed by atoms with Gasteiger partial charge >= 0.3 is 0 Å². The number of nitrogens with one attached hydrogen (secondary N) is 1. The van der Waals surface area contributed by atoms with Crippen LogP contribution in [0.3, 0.4) is 0 Å². The summed E-state index contributed by atoms with van der Waals surface area (Å²) in [6.07, 6.45) is 1.57. The van der Waals surface area contributed by atoms with Crippen LogP contribution in [0.2, 0.25) is 0 Å². The van der Waals surface area contributed by atoms with Crippen molar-refractivity contribution in [3.8, 4) is 0 Å². The molecule has 0 saturated heterocycles. The van der Waals surface area contributed by atoms with Gasteiger partial charge in [0.1, 0.15) is 11.6 Å². The van der Waals surface area contributed by atoms with Crippen LogP contribution in [0.15, 0.2) is 43.9 Å². The Labute approximate surface area is 115 Å². The fourth-order valence-corrected chi connectivity index (χ4v) is 2.48. The second-order valence-electron chi connectivity index (χ2n) is 3.52. The smallest absolute Gasteiger partial charge is 0.139 e. The van der Waals surface area contributed by atoms with Crippen LogP contribution in [0.5, 0.6) is 0 Å². The molecule has 0 saturated carbocycles. The van der Waals surface area contributed by atoms with E-state index < -0.39 is 0 Å². The van der Waals surface area contributed by atoms with Gasteiger partial charge in [-0.1, -0.05) is 15.9 Å². The monoisotopic (exact) mass is 361 g/mol. The first kappa shape index (κ1) is 12.8. The van der Waals surface area contributed by atoms with Crippen molar-refractivity contribution < 1.29 is 8.81 Å². The van der Waals surface area contributed by atoms with Crippen LogP contribution in [0.4, 0.5) is 4.39 Å². The molecule has 0 aliphatic carbocycles. The SMILES string of the molecule is CNC(c1cc(Br)ccc1F)c1occc1Br. The van der Waals surface area contributed by atoms with Crippen LogP contribution < -0.4 is 5.32 Å². The number of hydrogen-bond donors (Lipinski definition) is 1. The van der Waals surface area contributed by atoms with Crippen molar-refractivity contribution in [1.29, 1.82) is 0 Å². The van der Waals surface area contributed by atoms with E-state index in [2.05, 4.69) is 37.2 Å². The summed E-state index contributed by atoms with van der Waals surface area (Å²) >= 11 is 6.72. The zero-order valence-electron chi connectivity index (χ0n) is 9.01. The van der Waals surface area contributed by atoms with Crippen molar-refractivity contribution in [1.82, 2.24) is 5.32 Å². The summed E-state index contributed by atoms with van der Waals surface area (Å²) in [4.78, 5) is 0. The lowest BCUT2D eigenvalue weighted by Crippen LogP contribution is -2.18. The summed E-state index contributed by atoms with van der Waals surface area (Å²) in [5.74, 6) is 0.389. The van der Waals surface area contributed by atoms with E-state index in [1.54, 1.807) is 31.5 Å². The van der Waals surface area contributed by atoms with E-state index in [4.69, 9.17) is 4.42 Å². The van der Waals surface area contributed by atoms with Gasteiger partial charge in [0.2, 0.25) is 0 Å². The van der Waals surface area contributed by atoms with Gasteiger partial charge in [-0.15, -0.1) is 0 Å². The third-order valence-electron chi connectivity index (χ3n) is 2.46. The molecule has 0 radical (unpaired) electrons. The predicted molar refractivity (Wildman–Crippen MR) is 71.4 cm³/mol. The molecule has 0 aliphatic heterocycles. The first-order valence-electron chi connectivity index (χ1n) is 4.98. The van der Waals surface area contributed by atoms with Crippen molar-refractivity contribution >= 4 is 31.9 Å². The van der Waals surface area contributed by atoms with E-state index >= 15 is 0 Å². The van der Waals surface area contributed by atoms with Crippen LogP contribution in [0.1, 0.15) is 17.4 Å². The Morgan fingerprint density at radius 3 is 2.65 bits per heavy atom. The fourth-order valence-electron chi connectivity index (χ4n) is 1.68. The van der Waals surface area contributed by atoms with Gasteiger partial charge in [-0.25, -0.2) is 4.39 Å². The van der Waals surface area contributed by atoms with Gasteiger partial charge in [0, 0.05) is 10.0 Å². The second-order valence-corrected chi connectivity index (χ2v) is 5.29. The molecular weight excluding hydrogens is 353 g/mol. The van der Waals surface area contributed by atoms with Crippen molar-refractivity contribution in [2.24, 2.45) is 0 Å². The van der Waals surface area contributed by atoms with Crippen molar-refractivity contribution in [3.05, 3.63) is 56.6 Å². The molecule has 5 heteroatoms. The minimum absolute atomic E-state index is 0.268. The first-order valence-corrected chi connectivity index (χ1v) is 6.57. The molecule has 2 nitrogen and oxygen atoms in total. The van der Waals surface area contributed by atoms with Gasteiger partial charge in [0.05, 0.1) is 16.8 Å². The molecule has 17 heavy (non-hydrogen) atoms. The van der Waals surface area contributed by atoms with E-state index in [1.807, 2.05) is 0 Å². The van der Waals surface area contributed by atoms with Gasteiger partial charge in [-0.3, -0.25) is 0 Å². The maximum atomic E-state index is 13.8. The highest BCUT2D eigenvalue weighted by atomic mass is 79.9. The third-order valence-corrected chi connectivity index (χ3v) is 3.61. The minimum Gasteiger partial charge on any atom is -0.466 e. The topological polar surface area (TPSA) is 25.2 Å². The highest BCUT2D eigenvalue weighted by Gasteiger charge is 2.21. The molecule has 0 amide bonds. The Hall–Kier alpha value is -0.650. The highest BCUT2D eigenvalue weighted by molar-refractivity contribution is 9.10. The summed E-state index contributed by atoms with van der Waals surface area (Å²) in [7, 11) is 1.76. The molecule has 1 N–H and O–H groups in total. The summed E-state index contributed by atoms with van der Waals surface area (Å²) in [6, 6.07) is 6.31. The van der Waals surface area contributed by atoms with Gasteiger partial charge in [0.25, 0.3) is 0 Å². The standard InChI is InChI=1S/C12H10Br2FNO/c1-16-11(12-9(14)4-5-17-12)8-6-7(13)2-3-10(8)15/h2-6,11,16H,1H3. The lowest BCUT2D eigenvalue weighted by molar-refractivity contribution is 0.450. The molecule has 1 aromatic heterocycles. The lowest BCUT2D eigenvalue weighted by atomic mass is 10.0. The molecule has 0 spiro atoms. The molecule has 1 aromatic carbocycles. The Kier molecular flexibility index (Phi) is 4.01. The largest absolute Gasteiger partial charge is 0.466 e. The minimum atomic E-state index is -0.322. The molecule has 0 aliphatic rings. The fraction of sp³-hybridized carbons (Fsp3) is 0.167. The van der Waals surface area contributed by atoms with E-state index in [0.29, 0.717) is 11.3 Å². The average molecular weight is 363 g/mol. The summed E-state index contributed by atoms with van der Waals surface area (Å²) in [5.41, 5.74) is 0.539. The van der Waals surface area contributed by atoms with Crippen LogP contribution in [-0.2, 0) is 0 Å². The second kappa shape index (κ2) is 5.33. The Morgan fingerprint density at radius 1 is 1.29 bits per heavy atom. The van der Waals surface area contributed by atoms with Crippen LogP contribution in [-0.4, -0.2) is 7.05 Å². The van der Waals surface area contributed by atoms with Crippen molar-refractivity contribution in [2.45, 2.75) is 6.04 Å². The van der Waals surface area contributed by atoms with Crippen molar-refractivity contribution in [3.63, 3.8) is 0 Å².